The van der Waals surface area contributed by atoms with Crippen LogP contribution in [0.5, 0.6) is 0 Å². The highest BCUT2D eigenvalue weighted by Crippen LogP contribution is 2.23. The van der Waals surface area contributed by atoms with Crippen LogP contribution in [-0.4, -0.2) is 21.8 Å². The van der Waals surface area contributed by atoms with Gasteiger partial charge in [-0.1, -0.05) is 23.8 Å². The van der Waals surface area contributed by atoms with Gasteiger partial charge in [-0.05, 0) is 50.1 Å². The zero-order valence-corrected chi connectivity index (χ0v) is 16.8. The van der Waals surface area contributed by atoms with E-state index in [-0.39, 0.29) is 17.5 Å². The fourth-order valence-corrected chi connectivity index (χ4v) is 3.13. The summed E-state index contributed by atoms with van der Waals surface area (Å²) in [7, 11) is 0. The molecule has 29 heavy (non-hydrogen) atoms. The molecule has 2 aromatic carbocycles. The molecule has 0 bridgehead atoms. The number of aromatic nitrogens is 2. The third-order valence-corrected chi connectivity index (χ3v) is 4.27. The number of benzene rings is 2. The molecule has 0 saturated heterocycles. The number of carbonyl (C=O) groups is 2. The Bertz CT molecular complexity index is 1060. The summed E-state index contributed by atoms with van der Waals surface area (Å²) in [6.07, 6.45) is 1.34. The molecule has 0 aliphatic carbocycles. The van der Waals surface area contributed by atoms with E-state index in [2.05, 4.69) is 25.9 Å². The van der Waals surface area contributed by atoms with Crippen molar-refractivity contribution >= 4 is 34.7 Å². The second-order valence-corrected chi connectivity index (χ2v) is 6.90. The fourth-order valence-electron chi connectivity index (χ4n) is 3.13. The van der Waals surface area contributed by atoms with E-state index >= 15 is 0 Å². The van der Waals surface area contributed by atoms with Gasteiger partial charge in [-0.2, -0.15) is 0 Å². The minimum Gasteiger partial charge on any atom is -0.340 e. The van der Waals surface area contributed by atoms with Crippen molar-refractivity contribution in [3.63, 3.8) is 0 Å². The zero-order chi connectivity index (χ0) is 21.0. The molecule has 3 N–H and O–H groups in total. The molecule has 1 heterocycles. The lowest BCUT2D eigenvalue weighted by Crippen LogP contribution is -2.16. The van der Waals surface area contributed by atoms with Crippen LogP contribution in [0.25, 0.3) is 0 Å². The van der Waals surface area contributed by atoms with E-state index in [9.17, 15) is 9.59 Å². The molecule has 0 radical (unpaired) electrons. The van der Waals surface area contributed by atoms with Crippen molar-refractivity contribution in [3.8, 4) is 0 Å². The molecular weight excluding hydrogens is 366 g/mol. The van der Waals surface area contributed by atoms with Gasteiger partial charge in [0.2, 0.25) is 5.91 Å². The van der Waals surface area contributed by atoms with Crippen molar-refractivity contribution in [1.82, 2.24) is 9.97 Å². The quantitative estimate of drug-likeness (QED) is 0.603. The van der Waals surface area contributed by atoms with Crippen molar-refractivity contribution < 1.29 is 9.59 Å². The van der Waals surface area contributed by atoms with Crippen LogP contribution in [0, 0.1) is 20.8 Å². The van der Waals surface area contributed by atoms with E-state index in [0.717, 1.165) is 28.1 Å². The lowest BCUT2D eigenvalue weighted by atomic mass is 10.0. The highest BCUT2D eigenvalue weighted by molar-refractivity contribution is 6.04. The van der Waals surface area contributed by atoms with Crippen LogP contribution < -0.4 is 16.0 Å². The molecule has 3 aromatic rings. The average molecular weight is 389 g/mol. The first-order valence-electron chi connectivity index (χ1n) is 9.18. The first-order valence-corrected chi connectivity index (χ1v) is 9.18. The Morgan fingerprint density at radius 3 is 2.24 bits per heavy atom. The summed E-state index contributed by atoms with van der Waals surface area (Å²) in [4.78, 5) is 32.2. The first-order chi connectivity index (χ1) is 13.8. The number of carbonyl (C=O) groups excluding carboxylic acids is 2. The van der Waals surface area contributed by atoms with Crippen LogP contribution in [0.4, 0.5) is 22.9 Å². The van der Waals surface area contributed by atoms with Gasteiger partial charge < -0.3 is 16.0 Å². The Kier molecular flexibility index (Phi) is 5.87. The number of hydrogen-bond acceptors (Lipinski definition) is 5. The van der Waals surface area contributed by atoms with Crippen molar-refractivity contribution in [3.05, 3.63) is 71.2 Å². The maximum Gasteiger partial charge on any atom is 0.274 e. The number of amides is 2. The molecule has 7 heteroatoms. The fraction of sp³-hybridized carbons (Fsp3) is 0.182. The number of nitrogens with one attached hydrogen (secondary N) is 3. The second-order valence-electron chi connectivity index (χ2n) is 6.90. The van der Waals surface area contributed by atoms with Crippen LogP contribution >= 0.6 is 0 Å². The van der Waals surface area contributed by atoms with Crippen LogP contribution in [0.3, 0.4) is 0 Å². The van der Waals surface area contributed by atoms with Crippen LogP contribution in [0.1, 0.15) is 34.1 Å². The molecule has 0 spiro atoms. The maximum absolute atomic E-state index is 12.7. The van der Waals surface area contributed by atoms with E-state index in [1.165, 1.54) is 13.3 Å². The summed E-state index contributed by atoms with van der Waals surface area (Å²) in [6, 6.07) is 12.9. The van der Waals surface area contributed by atoms with E-state index < -0.39 is 0 Å². The lowest BCUT2D eigenvalue weighted by Gasteiger charge is -2.13. The molecule has 3 rings (SSSR count). The van der Waals surface area contributed by atoms with Crippen LogP contribution in [0.15, 0.2) is 48.8 Å². The van der Waals surface area contributed by atoms with Crippen molar-refractivity contribution in [1.29, 1.82) is 0 Å². The summed E-state index contributed by atoms with van der Waals surface area (Å²) in [5, 5.41) is 8.79. The van der Waals surface area contributed by atoms with Gasteiger partial charge in [0.05, 0.1) is 0 Å². The zero-order valence-electron chi connectivity index (χ0n) is 16.8. The molecule has 148 valence electrons. The Morgan fingerprint density at radius 2 is 1.55 bits per heavy atom. The molecule has 0 aliphatic rings. The van der Waals surface area contributed by atoms with Gasteiger partial charge in [-0.15, -0.1) is 0 Å². The van der Waals surface area contributed by atoms with E-state index in [1.807, 2.05) is 45.0 Å². The highest BCUT2D eigenvalue weighted by Gasteiger charge is 2.13. The SMILES string of the molecule is CC(=O)Nc1cccc(Nc2cc(C(=O)Nc3c(C)cc(C)cc3C)ncn2)c1. The molecule has 0 atom stereocenters. The average Bonchev–Trinajstić information content (AvgIpc) is 2.64. The topological polar surface area (TPSA) is 96.0 Å². The monoisotopic (exact) mass is 389 g/mol. The van der Waals surface area contributed by atoms with E-state index in [0.29, 0.717) is 11.5 Å². The predicted octanol–water partition coefficient (Wildman–Crippen LogP) is 4.36. The van der Waals surface area contributed by atoms with Crippen molar-refractivity contribution in [2.75, 3.05) is 16.0 Å². The highest BCUT2D eigenvalue weighted by atomic mass is 16.2. The molecule has 0 unspecified atom stereocenters. The number of nitrogens with zero attached hydrogens (tertiary/aromatic N) is 2. The lowest BCUT2D eigenvalue weighted by molar-refractivity contribution is -0.114. The first kappa shape index (κ1) is 20.0. The van der Waals surface area contributed by atoms with Crippen molar-refractivity contribution in [2.45, 2.75) is 27.7 Å². The minimum atomic E-state index is -0.308. The smallest absolute Gasteiger partial charge is 0.274 e. The molecule has 1 aromatic heterocycles. The molecule has 0 aliphatic heterocycles. The molecule has 0 fully saturated rings. The third-order valence-electron chi connectivity index (χ3n) is 4.27. The predicted molar refractivity (Wildman–Crippen MR) is 115 cm³/mol. The third kappa shape index (κ3) is 5.16. The summed E-state index contributed by atoms with van der Waals surface area (Å²) in [6.45, 7) is 7.40. The standard InChI is InChI=1S/C22H23N5O2/c1-13-8-14(2)21(15(3)9-13)27-22(29)19-11-20(24-12-23-19)26-18-7-5-6-17(10-18)25-16(4)28/h5-12H,1-4H3,(H,25,28)(H,27,29)(H,23,24,26). The normalized spacial score (nSPS) is 10.3. The summed E-state index contributed by atoms with van der Waals surface area (Å²) in [5.41, 5.74) is 5.58. The number of anilines is 4. The largest absolute Gasteiger partial charge is 0.340 e. The Morgan fingerprint density at radius 1 is 0.862 bits per heavy atom. The molecule has 2 amide bonds. The Hall–Kier alpha value is -3.74. The van der Waals surface area contributed by atoms with Gasteiger partial charge in [-0.25, -0.2) is 9.97 Å². The van der Waals surface area contributed by atoms with Crippen molar-refractivity contribution in [2.24, 2.45) is 0 Å². The molecular formula is C22H23N5O2. The van der Waals surface area contributed by atoms with E-state index in [1.54, 1.807) is 18.2 Å². The summed E-state index contributed by atoms with van der Waals surface area (Å²) < 4.78 is 0. The van der Waals surface area contributed by atoms with Crippen LogP contribution in [0.2, 0.25) is 0 Å². The van der Waals surface area contributed by atoms with Crippen LogP contribution in [-0.2, 0) is 4.79 Å². The number of rotatable bonds is 5. The second kappa shape index (κ2) is 8.52. The van der Waals surface area contributed by atoms with Gasteiger partial charge in [0.25, 0.3) is 5.91 Å². The molecule has 0 saturated carbocycles. The Balaban J connectivity index is 1.78. The van der Waals surface area contributed by atoms with Gasteiger partial charge in [0.1, 0.15) is 17.8 Å². The van der Waals surface area contributed by atoms with E-state index in [4.69, 9.17) is 0 Å². The summed E-state index contributed by atoms with van der Waals surface area (Å²) in [5.74, 6) is 0.0183. The number of hydrogen-bond donors (Lipinski definition) is 3. The molecule has 7 nitrogen and oxygen atoms in total. The van der Waals surface area contributed by atoms with Gasteiger partial charge in [0.15, 0.2) is 0 Å². The van der Waals surface area contributed by atoms with Gasteiger partial charge in [0, 0.05) is 30.1 Å². The number of aryl methyl sites for hydroxylation is 3. The minimum absolute atomic E-state index is 0.148. The Labute approximate surface area is 169 Å². The summed E-state index contributed by atoms with van der Waals surface area (Å²) >= 11 is 0. The van der Waals surface area contributed by atoms with Gasteiger partial charge in [-0.3, -0.25) is 9.59 Å². The van der Waals surface area contributed by atoms with Gasteiger partial charge >= 0.3 is 0 Å². The maximum atomic E-state index is 12.7.